The van der Waals surface area contributed by atoms with Crippen LogP contribution in [-0.4, -0.2) is 35.0 Å². The molecule has 94 valence electrons. The summed E-state index contributed by atoms with van der Waals surface area (Å²) in [6.45, 7) is 2.56. The summed E-state index contributed by atoms with van der Waals surface area (Å²) in [5, 5.41) is 8.61. The van der Waals surface area contributed by atoms with Gasteiger partial charge in [-0.2, -0.15) is 0 Å². The summed E-state index contributed by atoms with van der Waals surface area (Å²) in [6, 6.07) is 1.74. The summed E-state index contributed by atoms with van der Waals surface area (Å²) in [7, 11) is 0. The zero-order valence-electron chi connectivity index (χ0n) is 9.07. The van der Waals surface area contributed by atoms with Crippen LogP contribution in [0.25, 0.3) is 0 Å². The van der Waals surface area contributed by atoms with Gasteiger partial charge in [-0.05, 0) is 44.8 Å². The number of thiophene rings is 1. The van der Waals surface area contributed by atoms with Crippen LogP contribution in [0.15, 0.2) is 14.3 Å². The first-order valence-corrected chi connectivity index (χ1v) is 7.31. The highest BCUT2D eigenvalue weighted by Crippen LogP contribution is 2.32. The molecule has 7 heteroatoms. The first-order chi connectivity index (χ1) is 7.95. The van der Waals surface area contributed by atoms with Gasteiger partial charge >= 0.3 is 5.97 Å². The Hall–Kier alpha value is -0.400. The second kappa shape index (κ2) is 6.51. The molecule has 0 aliphatic heterocycles. The Kier molecular flexibility index (Phi) is 5.61. The Morgan fingerprint density at radius 3 is 2.53 bits per heavy atom. The number of carbonyl (C=O) groups excluding carboxylic acids is 1. The second-order valence-corrected chi connectivity index (χ2v) is 6.49. The molecule has 0 spiro atoms. The number of amides is 1. The highest BCUT2D eigenvalue weighted by molar-refractivity contribution is 9.13. The first kappa shape index (κ1) is 14.7. The number of carbonyl (C=O) groups is 2. The van der Waals surface area contributed by atoms with Crippen LogP contribution in [0, 0.1) is 0 Å². The van der Waals surface area contributed by atoms with Crippen molar-refractivity contribution in [3.05, 3.63) is 19.2 Å². The Balaban J connectivity index is 2.75. The van der Waals surface area contributed by atoms with Crippen LogP contribution in [0.3, 0.4) is 0 Å². The summed E-state index contributed by atoms with van der Waals surface area (Å²) < 4.78 is 1.69. The van der Waals surface area contributed by atoms with Gasteiger partial charge in [-0.25, -0.2) is 0 Å². The van der Waals surface area contributed by atoms with Crippen molar-refractivity contribution in [3.8, 4) is 0 Å². The highest BCUT2D eigenvalue weighted by atomic mass is 79.9. The van der Waals surface area contributed by atoms with Gasteiger partial charge in [0.05, 0.1) is 15.1 Å². The number of aliphatic carboxylic acids is 1. The van der Waals surface area contributed by atoms with Crippen molar-refractivity contribution < 1.29 is 14.7 Å². The molecule has 1 aromatic rings. The highest BCUT2D eigenvalue weighted by Gasteiger charge is 2.18. The fourth-order valence-corrected chi connectivity index (χ4v) is 3.25. The average Bonchev–Trinajstić information content (AvgIpc) is 2.59. The summed E-state index contributed by atoms with van der Waals surface area (Å²) in [5.41, 5.74) is 0. The molecule has 1 amide bonds. The molecule has 0 bridgehead atoms. The lowest BCUT2D eigenvalue weighted by atomic mass is 10.3. The number of nitrogens with zero attached hydrogens (tertiary/aromatic N) is 1. The van der Waals surface area contributed by atoms with E-state index in [-0.39, 0.29) is 18.9 Å². The number of rotatable bonds is 5. The summed E-state index contributed by atoms with van der Waals surface area (Å²) in [6.07, 6.45) is -0.0344. The minimum atomic E-state index is -0.898. The maximum atomic E-state index is 12.1. The van der Waals surface area contributed by atoms with E-state index in [2.05, 4.69) is 31.9 Å². The first-order valence-electron chi connectivity index (χ1n) is 4.91. The van der Waals surface area contributed by atoms with E-state index in [0.29, 0.717) is 11.4 Å². The SMILES string of the molecule is CCN(CCC(=O)O)C(=O)c1cc(Br)c(Br)s1. The third-order valence-electron chi connectivity index (χ3n) is 2.12. The minimum absolute atomic E-state index is 0.0344. The zero-order chi connectivity index (χ0) is 13.0. The van der Waals surface area contributed by atoms with Crippen molar-refractivity contribution in [2.45, 2.75) is 13.3 Å². The Morgan fingerprint density at radius 2 is 2.12 bits per heavy atom. The van der Waals surface area contributed by atoms with Gasteiger partial charge in [0.25, 0.3) is 5.91 Å². The lowest BCUT2D eigenvalue weighted by Crippen LogP contribution is -2.32. The normalized spacial score (nSPS) is 10.3. The predicted molar refractivity (Wildman–Crippen MR) is 73.5 cm³/mol. The molecular formula is C10H11Br2NO3S. The lowest BCUT2D eigenvalue weighted by molar-refractivity contribution is -0.137. The van der Waals surface area contributed by atoms with Gasteiger partial charge in [0.15, 0.2) is 0 Å². The molecular weight excluding hydrogens is 374 g/mol. The van der Waals surface area contributed by atoms with E-state index in [0.717, 1.165) is 8.26 Å². The van der Waals surface area contributed by atoms with Gasteiger partial charge in [0.1, 0.15) is 0 Å². The smallest absolute Gasteiger partial charge is 0.305 e. The molecule has 0 saturated carbocycles. The van der Waals surface area contributed by atoms with Gasteiger partial charge in [0, 0.05) is 17.6 Å². The molecule has 0 fully saturated rings. The molecule has 0 saturated heterocycles. The van der Waals surface area contributed by atoms with Gasteiger partial charge in [0.2, 0.25) is 0 Å². The van der Waals surface area contributed by atoms with E-state index in [1.165, 1.54) is 16.2 Å². The minimum Gasteiger partial charge on any atom is -0.481 e. The Morgan fingerprint density at radius 1 is 1.47 bits per heavy atom. The topological polar surface area (TPSA) is 57.6 Å². The van der Waals surface area contributed by atoms with Gasteiger partial charge in [-0.1, -0.05) is 0 Å². The average molecular weight is 385 g/mol. The van der Waals surface area contributed by atoms with Crippen molar-refractivity contribution in [2.75, 3.05) is 13.1 Å². The van der Waals surface area contributed by atoms with Crippen LogP contribution in [0.2, 0.25) is 0 Å². The number of hydrogen-bond donors (Lipinski definition) is 1. The Bertz CT molecular complexity index is 414. The monoisotopic (exact) mass is 383 g/mol. The molecule has 1 aromatic heterocycles. The molecule has 0 aromatic carbocycles. The second-order valence-electron chi connectivity index (χ2n) is 3.26. The Labute approximate surface area is 120 Å². The van der Waals surface area contributed by atoms with E-state index in [1.54, 1.807) is 6.07 Å². The summed E-state index contributed by atoms with van der Waals surface area (Å²) >= 11 is 7.97. The summed E-state index contributed by atoms with van der Waals surface area (Å²) in [4.78, 5) is 24.7. The van der Waals surface area contributed by atoms with Crippen LogP contribution >= 0.6 is 43.2 Å². The number of hydrogen-bond acceptors (Lipinski definition) is 3. The van der Waals surface area contributed by atoms with Crippen molar-refractivity contribution in [3.63, 3.8) is 0 Å². The van der Waals surface area contributed by atoms with Crippen molar-refractivity contribution in [1.29, 1.82) is 0 Å². The largest absolute Gasteiger partial charge is 0.481 e. The van der Waals surface area contributed by atoms with Gasteiger partial charge < -0.3 is 10.0 Å². The third-order valence-corrected chi connectivity index (χ3v) is 5.36. The van der Waals surface area contributed by atoms with Crippen LogP contribution < -0.4 is 0 Å². The molecule has 0 radical (unpaired) electrons. The quantitative estimate of drug-likeness (QED) is 0.847. The molecule has 1 heterocycles. The fourth-order valence-electron chi connectivity index (χ4n) is 1.24. The molecule has 17 heavy (non-hydrogen) atoms. The number of carboxylic acid groups (broad SMARTS) is 1. The van der Waals surface area contributed by atoms with Crippen LogP contribution in [0.4, 0.5) is 0 Å². The van der Waals surface area contributed by atoms with E-state index in [4.69, 9.17) is 5.11 Å². The molecule has 0 unspecified atom stereocenters. The van der Waals surface area contributed by atoms with Gasteiger partial charge in [-0.3, -0.25) is 9.59 Å². The van der Waals surface area contributed by atoms with Gasteiger partial charge in [-0.15, -0.1) is 11.3 Å². The molecule has 0 aliphatic carbocycles. The van der Waals surface area contributed by atoms with Crippen molar-refractivity contribution >= 4 is 55.1 Å². The van der Waals surface area contributed by atoms with Crippen LogP contribution in [0.1, 0.15) is 23.0 Å². The zero-order valence-corrected chi connectivity index (χ0v) is 13.1. The van der Waals surface area contributed by atoms with E-state index in [1.807, 2.05) is 6.92 Å². The molecule has 1 N–H and O–H groups in total. The van der Waals surface area contributed by atoms with Crippen molar-refractivity contribution in [1.82, 2.24) is 4.90 Å². The molecule has 0 aliphatic rings. The third kappa shape index (κ3) is 4.08. The fraction of sp³-hybridized carbons (Fsp3) is 0.400. The lowest BCUT2D eigenvalue weighted by Gasteiger charge is -2.18. The van der Waals surface area contributed by atoms with Crippen LogP contribution in [-0.2, 0) is 4.79 Å². The number of carboxylic acids is 1. The molecule has 1 rings (SSSR count). The maximum Gasteiger partial charge on any atom is 0.305 e. The molecule has 4 nitrogen and oxygen atoms in total. The van der Waals surface area contributed by atoms with Crippen molar-refractivity contribution in [2.24, 2.45) is 0 Å². The van der Waals surface area contributed by atoms with E-state index in [9.17, 15) is 9.59 Å². The molecule has 0 atom stereocenters. The summed E-state index contributed by atoms with van der Waals surface area (Å²) in [5.74, 6) is -1.03. The predicted octanol–water partition coefficient (Wildman–Crippen LogP) is 3.21. The van der Waals surface area contributed by atoms with E-state index < -0.39 is 5.97 Å². The maximum absolute atomic E-state index is 12.1. The number of halogens is 2. The van der Waals surface area contributed by atoms with Crippen LogP contribution in [0.5, 0.6) is 0 Å². The standard InChI is InChI=1S/C10H11Br2NO3S/c1-2-13(4-3-8(14)15)10(16)7-5-6(11)9(12)17-7/h5H,2-4H2,1H3,(H,14,15). The van der Waals surface area contributed by atoms with E-state index >= 15 is 0 Å².